The molecule has 4 heterocycles. The molecule has 0 radical (unpaired) electrons. The summed E-state index contributed by atoms with van der Waals surface area (Å²) in [7, 11) is 0. The van der Waals surface area contributed by atoms with Crippen molar-refractivity contribution in [3.63, 3.8) is 0 Å². The number of cyclic esters (lactones) is 1. The third-order valence-corrected chi connectivity index (χ3v) is 8.14. The normalized spacial score (nSPS) is 34.8. The number of benzene rings is 1. The first-order valence-electron chi connectivity index (χ1n) is 11.9. The van der Waals surface area contributed by atoms with Crippen LogP contribution in [0.25, 0.3) is 0 Å². The first-order valence-corrected chi connectivity index (χ1v) is 12.3. The maximum atomic E-state index is 14.3. The van der Waals surface area contributed by atoms with Gasteiger partial charge >= 0.3 is 5.97 Å². The molecule has 4 aliphatic rings. The SMILES string of the molecule is CC[C@]12C=CCOC(=O)[C@H]1[C@H]1C(=O)N([C@H](C)CO)C3C(=O)N(c4c(C)cccc4Cl)CC=C[C@@]31O2. The summed E-state index contributed by atoms with van der Waals surface area (Å²) in [6.07, 6.45) is 7.53. The highest BCUT2D eigenvalue weighted by Crippen LogP contribution is 2.58. The number of hydrogen-bond donors (Lipinski definition) is 1. The number of carbonyl (C=O) groups is 3. The fourth-order valence-electron chi connectivity index (χ4n) is 6.26. The van der Waals surface area contributed by atoms with Gasteiger partial charge in [-0.3, -0.25) is 14.4 Å². The van der Waals surface area contributed by atoms with Gasteiger partial charge in [0.1, 0.15) is 29.8 Å². The molecule has 1 spiro atoms. The maximum Gasteiger partial charge on any atom is 0.313 e. The number of esters is 1. The number of aliphatic hydroxyl groups excluding tert-OH is 1. The molecule has 186 valence electrons. The second kappa shape index (κ2) is 8.47. The zero-order valence-corrected chi connectivity index (χ0v) is 20.7. The molecule has 5 rings (SSSR count). The molecule has 4 aliphatic heterocycles. The predicted molar refractivity (Wildman–Crippen MR) is 129 cm³/mol. The van der Waals surface area contributed by atoms with E-state index in [1.54, 1.807) is 42.2 Å². The van der Waals surface area contributed by atoms with E-state index in [1.165, 1.54) is 4.90 Å². The molecule has 8 nitrogen and oxygen atoms in total. The lowest BCUT2D eigenvalue weighted by atomic mass is 9.73. The zero-order chi connectivity index (χ0) is 25.1. The van der Waals surface area contributed by atoms with E-state index in [2.05, 4.69) is 0 Å². The number of carbonyl (C=O) groups excluding carboxylic acids is 3. The lowest BCUT2D eigenvalue weighted by molar-refractivity contribution is -0.158. The van der Waals surface area contributed by atoms with Crippen molar-refractivity contribution in [2.75, 3.05) is 24.7 Å². The molecule has 9 heteroatoms. The number of nitrogens with zero attached hydrogens (tertiary/aromatic N) is 2. The summed E-state index contributed by atoms with van der Waals surface area (Å²) in [5.41, 5.74) is -1.11. The van der Waals surface area contributed by atoms with Crippen LogP contribution in [0.2, 0.25) is 5.02 Å². The Morgan fingerprint density at radius 1 is 1.17 bits per heavy atom. The third kappa shape index (κ3) is 3.23. The number of amides is 2. The zero-order valence-electron chi connectivity index (χ0n) is 19.9. The molecule has 2 amide bonds. The Balaban J connectivity index is 1.71. The van der Waals surface area contributed by atoms with E-state index >= 15 is 0 Å². The van der Waals surface area contributed by atoms with Gasteiger partial charge in [-0.05, 0) is 38.0 Å². The van der Waals surface area contributed by atoms with Crippen LogP contribution in [0.1, 0.15) is 25.8 Å². The van der Waals surface area contributed by atoms with Gasteiger partial charge in [0, 0.05) is 6.54 Å². The number of ether oxygens (including phenoxy) is 2. The molecule has 0 aliphatic carbocycles. The lowest BCUT2D eigenvalue weighted by Crippen LogP contribution is -2.58. The molecule has 0 saturated carbocycles. The molecule has 6 atom stereocenters. The standard InChI is InChI=1S/C26H29ClN2O6/c1-4-25-10-7-13-34-24(33)19(25)18-22(31)29(16(3)14-30)21-23(32)28(12-6-11-26(18,21)35-25)20-15(2)8-5-9-17(20)27/h5-11,16,18-19,21,30H,4,12-14H2,1-3H3/t16-,18+,19-,21?,25+,26+/m1/s1. The average molecular weight is 501 g/mol. The van der Waals surface area contributed by atoms with E-state index in [-0.39, 0.29) is 25.7 Å². The minimum atomic E-state index is -1.40. The smallest absolute Gasteiger partial charge is 0.313 e. The Hall–Kier alpha value is -2.68. The highest BCUT2D eigenvalue weighted by molar-refractivity contribution is 6.34. The number of fused-ring (bicyclic) bond motifs is 2. The molecule has 0 aromatic heterocycles. The monoisotopic (exact) mass is 500 g/mol. The highest BCUT2D eigenvalue weighted by Gasteiger charge is 2.75. The highest BCUT2D eigenvalue weighted by atomic mass is 35.5. The van der Waals surface area contributed by atoms with Gasteiger partial charge in [0.15, 0.2) is 0 Å². The Kier molecular flexibility index (Phi) is 5.81. The number of likely N-dealkylation sites (tertiary alicyclic amines) is 1. The van der Waals surface area contributed by atoms with Crippen LogP contribution < -0.4 is 4.90 Å². The number of hydrogen-bond acceptors (Lipinski definition) is 6. The summed E-state index contributed by atoms with van der Waals surface area (Å²) in [5.74, 6) is -3.18. The summed E-state index contributed by atoms with van der Waals surface area (Å²) in [6, 6.07) is 3.64. The topological polar surface area (TPSA) is 96.4 Å². The molecule has 2 fully saturated rings. The quantitative estimate of drug-likeness (QED) is 0.504. The lowest BCUT2D eigenvalue weighted by Gasteiger charge is -2.40. The van der Waals surface area contributed by atoms with E-state index in [0.29, 0.717) is 17.1 Å². The van der Waals surface area contributed by atoms with Crippen LogP contribution in [0, 0.1) is 18.8 Å². The van der Waals surface area contributed by atoms with Crippen molar-refractivity contribution in [2.45, 2.75) is 50.5 Å². The van der Waals surface area contributed by atoms with Crippen LogP contribution in [0.5, 0.6) is 0 Å². The van der Waals surface area contributed by atoms with Gasteiger partial charge in [-0.1, -0.05) is 48.9 Å². The first-order chi connectivity index (χ1) is 16.7. The largest absolute Gasteiger partial charge is 0.461 e. The second-order valence-electron chi connectivity index (χ2n) is 9.69. The van der Waals surface area contributed by atoms with Crippen LogP contribution in [-0.4, -0.2) is 70.8 Å². The van der Waals surface area contributed by atoms with Crippen molar-refractivity contribution in [3.8, 4) is 0 Å². The van der Waals surface area contributed by atoms with Gasteiger partial charge in [-0.2, -0.15) is 0 Å². The van der Waals surface area contributed by atoms with Crippen LogP contribution in [0.3, 0.4) is 0 Å². The molecular weight excluding hydrogens is 472 g/mol. The molecule has 1 aromatic rings. The van der Waals surface area contributed by atoms with E-state index in [9.17, 15) is 19.5 Å². The van der Waals surface area contributed by atoms with Gasteiger partial charge in [-0.15, -0.1) is 0 Å². The second-order valence-corrected chi connectivity index (χ2v) is 10.1. The van der Waals surface area contributed by atoms with Crippen LogP contribution >= 0.6 is 11.6 Å². The molecule has 1 aromatic carbocycles. The van der Waals surface area contributed by atoms with Gasteiger partial charge in [0.2, 0.25) is 5.91 Å². The molecule has 2 saturated heterocycles. The fourth-order valence-corrected chi connectivity index (χ4v) is 6.59. The van der Waals surface area contributed by atoms with Crippen molar-refractivity contribution in [2.24, 2.45) is 11.8 Å². The minimum Gasteiger partial charge on any atom is -0.461 e. The molecule has 0 bridgehead atoms. The molecule has 1 unspecified atom stereocenters. The Morgan fingerprint density at radius 2 is 1.94 bits per heavy atom. The van der Waals surface area contributed by atoms with E-state index in [1.807, 2.05) is 26.0 Å². The van der Waals surface area contributed by atoms with Gasteiger partial charge in [-0.25, -0.2) is 0 Å². The number of halogens is 1. The van der Waals surface area contributed by atoms with Gasteiger partial charge in [0.25, 0.3) is 5.91 Å². The Morgan fingerprint density at radius 3 is 2.63 bits per heavy atom. The first kappa shape index (κ1) is 24.0. The number of para-hydroxylation sites is 1. The summed E-state index contributed by atoms with van der Waals surface area (Å²) in [6.45, 7) is 5.41. The van der Waals surface area contributed by atoms with Crippen molar-refractivity contribution < 1.29 is 29.0 Å². The van der Waals surface area contributed by atoms with Crippen molar-refractivity contribution >= 4 is 35.1 Å². The number of aliphatic hydroxyl groups is 1. The van der Waals surface area contributed by atoms with Crippen LogP contribution in [0.4, 0.5) is 5.69 Å². The minimum absolute atomic E-state index is 0.100. The van der Waals surface area contributed by atoms with Gasteiger partial charge in [0.05, 0.1) is 29.3 Å². The average Bonchev–Trinajstić information content (AvgIpc) is 3.12. The van der Waals surface area contributed by atoms with Crippen molar-refractivity contribution in [1.82, 2.24) is 4.90 Å². The molecular formula is C26H29ClN2O6. The summed E-state index contributed by atoms with van der Waals surface area (Å²) in [5, 5.41) is 10.4. The van der Waals surface area contributed by atoms with E-state index in [0.717, 1.165) is 5.56 Å². The fraction of sp³-hybridized carbons (Fsp3) is 0.500. The van der Waals surface area contributed by atoms with Crippen LogP contribution in [0.15, 0.2) is 42.5 Å². The third-order valence-electron chi connectivity index (χ3n) is 7.83. The number of aryl methyl sites for hydroxylation is 1. The molecule has 35 heavy (non-hydrogen) atoms. The van der Waals surface area contributed by atoms with Crippen molar-refractivity contribution in [3.05, 3.63) is 53.1 Å². The Bertz CT molecular complexity index is 1130. The predicted octanol–water partition coefficient (Wildman–Crippen LogP) is 2.41. The Labute approximate surface area is 209 Å². The summed E-state index contributed by atoms with van der Waals surface area (Å²) in [4.78, 5) is 44.5. The summed E-state index contributed by atoms with van der Waals surface area (Å²) < 4.78 is 12.2. The number of rotatable bonds is 4. The van der Waals surface area contributed by atoms with Crippen LogP contribution in [-0.2, 0) is 23.9 Å². The summed E-state index contributed by atoms with van der Waals surface area (Å²) >= 11 is 6.53. The van der Waals surface area contributed by atoms with Crippen molar-refractivity contribution in [1.29, 1.82) is 0 Å². The van der Waals surface area contributed by atoms with E-state index in [4.69, 9.17) is 21.1 Å². The number of anilines is 1. The van der Waals surface area contributed by atoms with E-state index < -0.39 is 47.0 Å². The van der Waals surface area contributed by atoms with Gasteiger partial charge < -0.3 is 24.4 Å². The molecule has 1 N–H and O–H groups in total. The maximum absolute atomic E-state index is 14.3.